The second-order valence-electron chi connectivity index (χ2n) is 11.6. The molecule has 7 aromatic carbocycles. The minimum atomic E-state index is -0.178. The van der Waals surface area contributed by atoms with E-state index in [0.29, 0.717) is 0 Å². The van der Waals surface area contributed by atoms with Crippen molar-refractivity contribution in [2.24, 2.45) is 0 Å². The molecule has 0 aliphatic carbocycles. The van der Waals surface area contributed by atoms with Gasteiger partial charge in [-0.15, -0.1) is 0 Å². The SMILES string of the molecule is COc1ccc(N(c2ccccc2)c2ccc(-c3ccc(-c4ccc(N(c5ccccc5)c5ccccc5)cc4)c4n[se]nc34)cc2)cc1. The molecule has 0 unspecified atom stereocenters. The molecule has 6 heteroatoms. The summed E-state index contributed by atoms with van der Waals surface area (Å²) >= 11 is -0.178. The summed E-state index contributed by atoms with van der Waals surface area (Å²) in [5.74, 6) is 0.831. The zero-order chi connectivity index (χ0) is 33.0. The molecule has 0 spiro atoms. The molecule has 1 aromatic heterocycles. The van der Waals surface area contributed by atoms with Gasteiger partial charge in [0, 0.05) is 0 Å². The van der Waals surface area contributed by atoms with E-state index in [2.05, 4.69) is 155 Å². The molecule has 0 saturated heterocycles. The molecule has 0 aliphatic heterocycles. The summed E-state index contributed by atoms with van der Waals surface area (Å²) in [5.41, 5.74) is 12.9. The number of rotatable bonds is 9. The van der Waals surface area contributed by atoms with Crippen LogP contribution >= 0.6 is 0 Å². The molecule has 0 atom stereocenters. The van der Waals surface area contributed by atoms with Gasteiger partial charge < -0.3 is 4.74 Å². The molecule has 0 fully saturated rings. The van der Waals surface area contributed by atoms with E-state index in [4.69, 9.17) is 12.7 Å². The summed E-state index contributed by atoms with van der Waals surface area (Å²) in [6.45, 7) is 0. The van der Waals surface area contributed by atoms with Crippen molar-refractivity contribution in [3.05, 3.63) is 176 Å². The summed E-state index contributed by atoms with van der Waals surface area (Å²) < 4.78 is 15.3. The van der Waals surface area contributed by atoms with Gasteiger partial charge in [0.15, 0.2) is 0 Å². The maximum atomic E-state index is 5.41. The van der Waals surface area contributed by atoms with Crippen molar-refractivity contribution in [1.29, 1.82) is 0 Å². The number of para-hydroxylation sites is 3. The second-order valence-corrected chi connectivity index (χ2v) is 12.7. The number of fused-ring (bicyclic) bond motifs is 1. The Kier molecular flexibility index (Phi) is 8.47. The van der Waals surface area contributed by atoms with E-state index in [1.807, 2.05) is 30.3 Å². The monoisotopic (exact) mass is 700 g/mol. The van der Waals surface area contributed by atoms with Crippen LogP contribution in [0.25, 0.3) is 33.3 Å². The molecule has 0 N–H and O–H groups in total. The van der Waals surface area contributed by atoms with Gasteiger partial charge in [-0.2, -0.15) is 0 Å². The first-order valence-electron chi connectivity index (χ1n) is 16.1. The fourth-order valence-electron chi connectivity index (χ4n) is 6.27. The number of ether oxygens (including phenoxy) is 1. The average Bonchev–Trinajstić information content (AvgIpc) is 3.68. The minimum absolute atomic E-state index is 0.178. The number of methoxy groups -OCH3 is 1. The van der Waals surface area contributed by atoms with Crippen molar-refractivity contribution in [2.75, 3.05) is 16.9 Å². The van der Waals surface area contributed by atoms with Gasteiger partial charge >= 0.3 is 282 Å². The van der Waals surface area contributed by atoms with Crippen LogP contribution in [0.5, 0.6) is 5.75 Å². The summed E-state index contributed by atoms with van der Waals surface area (Å²) in [7, 11) is 1.69. The van der Waals surface area contributed by atoms with E-state index in [9.17, 15) is 0 Å². The fraction of sp³-hybridized carbons (Fsp3) is 0.0233. The Morgan fingerprint density at radius 1 is 0.388 bits per heavy atom. The van der Waals surface area contributed by atoms with E-state index in [1.54, 1.807) is 7.11 Å². The Hall–Kier alpha value is -5.94. The fourth-order valence-corrected chi connectivity index (χ4v) is 7.47. The van der Waals surface area contributed by atoms with Crippen LogP contribution < -0.4 is 14.5 Å². The van der Waals surface area contributed by atoms with Crippen LogP contribution in [-0.2, 0) is 0 Å². The van der Waals surface area contributed by atoms with Crippen LogP contribution in [0.2, 0.25) is 0 Å². The first-order chi connectivity index (χ1) is 24.3. The Labute approximate surface area is 292 Å². The maximum absolute atomic E-state index is 5.41. The van der Waals surface area contributed by atoms with Gasteiger partial charge in [0.05, 0.1) is 7.11 Å². The van der Waals surface area contributed by atoms with Crippen molar-refractivity contribution in [2.45, 2.75) is 0 Å². The number of anilines is 6. The number of nitrogens with zero attached hydrogens (tertiary/aromatic N) is 4. The van der Waals surface area contributed by atoms with Crippen molar-refractivity contribution in [3.63, 3.8) is 0 Å². The molecule has 1 heterocycles. The van der Waals surface area contributed by atoms with Crippen LogP contribution in [0.1, 0.15) is 0 Å². The molecular formula is C43H32N4OSe. The van der Waals surface area contributed by atoms with E-state index in [-0.39, 0.29) is 15.0 Å². The topological polar surface area (TPSA) is 41.5 Å². The summed E-state index contributed by atoms with van der Waals surface area (Å²) in [5, 5.41) is 0. The number of aromatic nitrogens is 2. The Morgan fingerprint density at radius 3 is 1.06 bits per heavy atom. The third-order valence-electron chi connectivity index (χ3n) is 8.66. The Balaban J connectivity index is 1.11. The molecule has 8 aromatic rings. The van der Waals surface area contributed by atoms with Crippen LogP contribution in [0.3, 0.4) is 0 Å². The zero-order valence-corrected chi connectivity index (χ0v) is 28.6. The van der Waals surface area contributed by atoms with Gasteiger partial charge in [-0.25, -0.2) is 0 Å². The molecular weight excluding hydrogens is 667 g/mol. The summed E-state index contributed by atoms with van der Waals surface area (Å²) in [6, 6.07) is 61.4. The van der Waals surface area contributed by atoms with Crippen molar-refractivity contribution >= 4 is 60.1 Å². The van der Waals surface area contributed by atoms with Crippen molar-refractivity contribution in [3.8, 4) is 28.0 Å². The first-order valence-corrected chi connectivity index (χ1v) is 17.7. The van der Waals surface area contributed by atoms with Gasteiger partial charge in [0.1, 0.15) is 0 Å². The normalized spacial score (nSPS) is 11.0. The molecule has 0 aliphatic rings. The molecule has 0 amide bonds. The number of benzene rings is 7. The zero-order valence-electron chi connectivity index (χ0n) is 26.8. The van der Waals surface area contributed by atoms with Crippen LogP contribution in [0.4, 0.5) is 34.1 Å². The van der Waals surface area contributed by atoms with Crippen LogP contribution in [0.15, 0.2) is 176 Å². The van der Waals surface area contributed by atoms with Gasteiger partial charge in [-0.05, 0) is 0 Å². The predicted molar refractivity (Wildman–Crippen MR) is 203 cm³/mol. The van der Waals surface area contributed by atoms with E-state index in [1.165, 1.54) is 0 Å². The summed E-state index contributed by atoms with van der Waals surface area (Å²) in [6.07, 6.45) is 0. The molecule has 8 rings (SSSR count). The number of hydrogen-bond donors (Lipinski definition) is 0. The predicted octanol–water partition coefficient (Wildman–Crippen LogP) is 11.0. The van der Waals surface area contributed by atoms with Gasteiger partial charge in [-0.3, -0.25) is 0 Å². The van der Waals surface area contributed by atoms with Gasteiger partial charge in [0.2, 0.25) is 0 Å². The van der Waals surface area contributed by atoms with Gasteiger partial charge in [0.25, 0.3) is 0 Å². The van der Waals surface area contributed by atoms with Crippen molar-refractivity contribution < 1.29 is 4.74 Å². The Bertz CT molecular complexity index is 2250. The third-order valence-corrected chi connectivity index (χ3v) is 9.77. The van der Waals surface area contributed by atoms with Gasteiger partial charge in [-0.1, -0.05) is 0 Å². The first kappa shape index (κ1) is 30.4. The molecule has 49 heavy (non-hydrogen) atoms. The summed E-state index contributed by atoms with van der Waals surface area (Å²) in [4.78, 5) is 4.53. The van der Waals surface area contributed by atoms with Crippen molar-refractivity contribution in [1.82, 2.24) is 7.96 Å². The van der Waals surface area contributed by atoms with E-state index >= 15 is 0 Å². The molecule has 236 valence electrons. The molecule has 0 radical (unpaired) electrons. The quantitative estimate of drug-likeness (QED) is 0.140. The van der Waals surface area contributed by atoms with Crippen LogP contribution in [-0.4, -0.2) is 30.0 Å². The molecule has 5 nitrogen and oxygen atoms in total. The van der Waals surface area contributed by atoms with Crippen LogP contribution in [0, 0.1) is 0 Å². The Morgan fingerprint density at radius 2 is 0.714 bits per heavy atom. The average molecular weight is 700 g/mol. The molecule has 0 bridgehead atoms. The number of hydrogen-bond acceptors (Lipinski definition) is 5. The van der Waals surface area contributed by atoms with E-state index in [0.717, 1.165) is 73.2 Å². The second kappa shape index (κ2) is 13.7. The molecule has 0 saturated carbocycles. The standard InChI is InChI=1S/C43H32N4OSe/c1-48-39-27-25-38(26-28-39)47(35-15-9-4-10-16-35)37-23-19-32(20-24-37)41-30-29-40(42-43(41)45-49-44-42)31-17-21-36(22-18-31)46(33-11-5-2-6-12-33)34-13-7-3-8-14-34/h2-30H,1H3. The third kappa shape index (κ3) is 6.12. The van der Waals surface area contributed by atoms with E-state index < -0.39 is 0 Å².